The maximum Gasteiger partial charge on any atom is 0.327 e. The number of fused-ring (bicyclic) bond motifs is 1. The number of nitriles is 1. The number of H-pyrrole nitrogens is 1. The molecule has 0 amide bonds. The molecular formula is C26H25N7O3. The number of ether oxygens (including phenoxy) is 3. The summed E-state index contributed by atoms with van der Waals surface area (Å²) in [6, 6.07) is 14.8. The first-order valence-electron chi connectivity index (χ1n) is 11.7. The summed E-state index contributed by atoms with van der Waals surface area (Å²) in [5.74, 6) is 3.29. The monoisotopic (exact) mass is 483 g/mol. The zero-order valence-corrected chi connectivity index (χ0v) is 20.3. The average molecular weight is 484 g/mol. The molecular weight excluding hydrogens is 458 g/mol. The fourth-order valence-corrected chi connectivity index (χ4v) is 3.87. The van der Waals surface area contributed by atoms with E-state index in [2.05, 4.69) is 35.9 Å². The standard InChI is InChI=1S/C26H25N7O3/c1-4-21-29-22-23(30-21)31-26(35-18-8-6-7-17(14-18)24-28-11-12-33(24)3)32-25(22)36-20-13-16(15-27)9-10-19(20)34-5-2/h6-10,13-14H,4-5,11-12H2,1-3H3,(H,29,30,31,32). The quantitative estimate of drug-likeness (QED) is 0.390. The number of imidazole rings is 1. The molecule has 5 rings (SSSR count). The molecule has 182 valence electrons. The first-order chi connectivity index (χ1) is 17.6. The van der Waals surface area contributed by atoms with Gasteiger partial charge in [-0.1, -0.05) is 19.1 Å². The van der Waals surface area contributed by atoms with Crippen LogP contribution in [-0.2, 0) is 6.42 Å². The lowest BCUT2D eigenvalue weighted by Gasteiger charge is -2.14. The van der Waals surface area contributed by atoms with Gasteiger partial charge in [0.2, 0.25) is 0 Å². The van der Waals surface area contributed by atoms with Crippen molar-refractivity contribution in [2.75, 3.05) is 26.7 Å². The van der Waals surface area contributed by atoms with Gasteiger partial charge in [0, 0.05) is 31.6 Å². The highest BCUT2D eigenvalue weighted by Gasteiger charge is 2.19. The molecule has 0 fully saturated rings. The molecule has 1 N–H and O–H groups in total. The van der Waals surface area contributed by atoms with E-state index in [0.717, 1.165) is 30.3 Å². The van der Waals surface area contributed by atoms with Gasteiger partial charge in [-0.05, 0) is 31.2 Å². The predicted molar refractivity (Wildman–Crippen MR) is 134 cm³/mol. The van der Waals surface area contributed by atoms with Crippen LogP contribution in [0, 0.1) is 11.3 Å². The zero-order chi connectivity index (χ0) is 25.1. The van der Waals surface area contributed by atoms with Crippen LogP contribution in [0.1, 0.15) is 30.8 Å². The Morgan fingerprint density at radius 3 is 2.69 bits per heavy atom. The van der Waals surface area contributed by atoms with Crippen molar-refractivity contribution in [2.24, 2.45) is 4.99 Å². The Hall–Kier alpha value is -4.65. The molecule has 4 aromatic rings. The van der Waals surface area contributed by atoms with E-state index in [-0.39, 0.29) is 11.9 Å². The summed E-state index contributed by atoms with van der Waals surface area (Å²) in [6.07, 6.45) is 0.678. The number of aliphatic imine (C=N–C) groups is 1. The second-order valence-electron chi connectivity index (χ2n) is 8.11. The number of aromatic amines is 1. The van der Waals surface area contributed by atoms with Crippen molar-refractivity contribution in [3.05, 3.63) is 59.4 Å². The number of hydrogen-bond donors (Lipinski definition) is 1. The normalized spacial score (nSPS) is 12.9. The number of rotatable bonds is 8. The molecule has 0 radical (unpaired) electrons. The summed E-state index contributed by atoms with van der Waals surface area (Å²) in [5, 5.41) is 9.36. The Morgan fingerprint density at radius 2 is 1.94 bits per heavy atom. The highest BCUT2D eigenvalue weighted by Crippen LogP contribution is 2.35. The number of aromatic nitrogens is 4. The summed E-state index contributed by atoms with van der Waals surface area (Å²) >= 11 is 0. The zero-order valence-electron chi connectivity index (χ0n) is 20.3. The van der Waals surface area contributed by atoms with Crippen LogP contribution in [0.3, 0.4) is 0 Å². The molecule has 1 aliphatic heterocycles. The first-order valence-corrected chi connectivity index (χ1v) is 11.7. The smallest absolute Gasteiger partial charge is 0.327 e. The van der Waals surface area contributed by atoms with Gasteiger partial charge in [0.05, 0.1) is 24.8 Å². The van der Waals surface area contributed by atoms with Gasteiger partial charge < -0.3 is 24.1 Å². The number of likely N-dealkylation sites (N-methyl/N-ethyl adjacent to an activating group) is 1. The third-order valence-corrected chi connectivity index (χ3v) is 5.62. The molecule has 10 heteroatoms. The maximum atomic E-state index is 9.36. The molecule has 2 aromatic carbocycles. The van der Waals surface area contributed by atoms with E-state index in [1.54, 1.807) is 18.2 Å². The van der Waals surface area contributed by atoms with Gasteiger partial charge in [-0.25, -0.2) is 4.98 Å². The van der Waals surface area contributed by atoms with E-state index >= 15 is 0 Å². The van der Waals surface area contributed by atoms with Crippen molar-refractivity contribution >= 4 is 17.0 Å². The molecule has 1 aliphatic rings. The van der Waals surface area contributed by atoms with Crippen molar-refractivity contribution in [2.45, 2.75) is 20.3 Å². The Morgan fingerprint density at radius 1 is 1.06 bits per heavy atom. The van der Waals surface area contributed by atoms with E-state index in [0.29, 0.717) is 47.0 Å². The maximum absolute atomic E-state index is 9.36. The number of benzene rings is 2. The Balaban J connectivity index is 1.53. The highest BCUT2D eigenvalue weighted by molar-refractivity contribution is 5.99. The van der Waals surface area contributed by atoms with Crippen molar-refractivity contribution in [3.8, 4) is 35.2 Å². The molecule has 0 saturated carbocycles. The fourth-order valence-electron chi connectivity index (χ4n) is 3.87. The number of hydrogen-bond acceptors (Lipinski definition) is 9. The van der Waals surface area contributed by atoms with E-state index in [4.69, 9.17) is 14.2 Å². The molecule has 2 aromatic heterocycles. The minimum Gasteiger partial charge on any atom is -0.490 e. The Bertz CT molecular complexity index is 1490. The lowest BCUT2D eigenvalue weighted by molar-refractivity contribution is 0.319. The Kier molecular flexibility index (Phi) is 6.36. The largest absolute Gasteiger partial charge is 0.490 e. The van der Waals surface area contributed by atoms with Crippen molar-refractivity contribution < 1.29 is 14.2 Å². The third kappa shape index (κ3) is 4.63. The van der Waals surface area contributed by atoms with Gasteiger partial charge in [-0.15, -0.1) is 0 Å². The van der Waals surface area contributed by atoms with E-state index < -0.39 is 0 Å². The summed E-state index contributed by atoms with van der Waals surface area (Å²) in [7, 11) is 2.01. The third-order valence-electron chi connectivity index (χ3n) is 5.62. The topological polar surface area (TPSA) is 122 Å². The SMILES string of the molecule is CCOc1ccc(C#N)cc1Oc1nc(Oc2cccc(C3=NCCN3C)c2)nc2nc(CC)[nH]c12. The van der Waals surface area contributed by atoms with E-state index in [1.165, 1.54) is 0 Å². The number of nitrogens with zero attached hydrogens (tertiary/aromatic N) is 6. The molecule has 0 unspecified atom stereocenters. The van der Waals surface area contributed by atoms with Crippen LogP contribution in [0.4, 0.5) is 0 Å². The van der Waals surface area contributed by atoms with Crippen molar-refractivity contribution in [1.82, 2.24) is 24.8 Å². The number of amidine groups is 1. The number of nitrogens with one attached hydrogen (secondary N) is 1. The van der Waals surface area contributed by atoms with Gasteiger partial charge in [0.25, 0.3) is 5.88 Å². The van der Waals surface area contributed by atoms with Gasteiger partial charge in [-0.2, -0.15) is 15.2 Å². The summed E-state index contributed by atoms with van der Waals surface area (Å²) in [5.41, 5.74) is 2.33. The summed E-state index contributed by atoms with van der Waals surface area (Å²) in [6.45, 7) is 5.96. The van der Waals surface area contributed by atoms with Crippen molar-refractivity contribution in [3.63, 3.8) is 0 Å². The number of aryl methyl sites for hydroxylation is 1. The molecule has 0 bridgehead atoms. The lowest BCUT2D eigenvalue weighted by atomic mass is 10.2. The van der Waals surface area contributed by atoms with E-state index in [9.17, 15) is 5.26 Å². The van der Waals surface area contributed by atoms with Crippen LogP contribution in [0.25, 0.3) is 11.2 Å². The van der Waals surface area contributed by atoms with Gasteiger partial charge in [0.15, 0.2) is 17.1 Å². The average Bonchev–Trinajstić information content (AvgIpc) is 3.51. The molecule has 0 aliphatic carbocycles. The Labute approximate surface area is 208 Å². The van der Waals surface area contributed by atoms with Crippen LogP contribution in [0.2, 0.25) is 0 Å². The molecule has 10 nitrogen and oxygen atoms in total. The second-order valence-corrected chi connectivity index (χ2v) is 8.11. The fraction of sp³-hybridized carbons (Fsp3) is 0.269. The van der Waals surface area contributed by atoms with Crippen LogP contribution in [-0.4, -0.2) is 57.4 Å². The van der Waals surface area contributed by atoms with Gasteiger partial charge in [0.1, 0.15) is 22.9 Å². The highest BCUT2D eigenvalue weighted by atomic mass is 16.5. The van der Waals surface area contributed by atoms with Gasteiger partial charge in [-0.3, -0.25) is 4.99 Å². The van der Waals surface area contributed by atoms with Crippen LogP contribution >= 0.6 is 0 Å². The van der Waals surface area contributed by atoms with Crippen LogP contribution in [0.15, 0.2) is 47.5 Å². The van der Waals surface area contributed by atoms with E-state index in [1.807, 2.05) is 45.2 Å². The van der Waals surface area contributed by atoms with Crippen LogP contribution < -0.4 is 14.2 Å². The minimum atomic E-state index is 0.0833. The summed E-state index contributed by atoms with van der Waals surface area (Å²) < 4.78 is 17.9. The predicted octanol–water partition coefficient (Wildman–Crippen LogP) is 4.46. The molecule has 36 heavy (non-hydrogen) atoms. The molecule has 0 spiro atoms. The lowest BCUT2D eigenvalue weighted by Crippen LogP contribution is -2.23. The van der Waals surface area contributed by atoms with Crippen molar-refractivity contribution in [1.29, 1.82) is 5.26 Å². The molecule has 3 heterocycles. The molecule has 0 atom stereocenters. The van der Waals surface area contributed by atoms with Crippen LogP contribution in [0.5, 0.6) is 29.1 Å². The summed E-state index contributed by atoms with van der Waals surface area (Å²) in [4.78, 5) is 23.5. The second kappa shape index (κ2) is 9.92. The minimum absolute atomic E-state index is 0.0833. The molecule has 0 saturated heterocycles. The van der Waals surface area contributed by atoms with Gasteiger partial charge >= 0.3 is 6.01 Å². The first kappa shape index (κ1) is 23.1.